The third-order valence-corrected chi connectivity index (χ3v) is 3.46. The van der Waals surface area contributed by atoms with Crippen LogP contribution < -0.4 is 5.32 Å². The van der Waals surface area contributed by atoms with Crippen molar-refractivity contribution in [2.24, 2.45) is 5.16 Å². The summed E-state index contributed by atoms with van der Waals surface area (Å²) in [6, 6.07) is 6.32. The van der Waals surface area contributed by atoms with Crippen LogP contribution in [0.1, 0.15) is 11.6 Å². The van der Waals surface area contributed by atoms with Gasteiger partial charge in [-0.1, -0.05) is 17.3 Å². The molecule has 7 heteroatoms. The Morgan fingerprint density at radius 2 is 2.32 bits per heavy atom. The van der Waals surface area contributed by atoms with E-state index in [1.807, 2.05) is 6.07 Å². The lowest BCUT2D eigenvalue weighted by atomic mass is 10.0. The first-order chi connectivity index (χ1) is 10.7. The molecule has 1 aromatic rings. The fourth-order valence-electron chi connectivity index (χ4n) is 2.40. The van der Waals surface area contributed by atoms with Gasteiger partial charge in [0.1, 0.15) is 19.1 Å². The van der Waals surface area contributed by atoms with E-state index in [1.54, 1.807) is 6.07 Å². The molecule has 22 heavy (non-hydrogen) atoms. The minimum atomic E-state index is -0.350. The average Bonchev–Trinajstić information content (AvgIpc) is 2.54. The first-order valence-electron chi connectivity index (χ1n) is 7.12. The molecular weight excluding hydrogens is 289 g/mol. The molecule has 0 aliphatic carbocycles. The van der Waals surface area contributed by atoms with Crippen LogP contribution in [0, 0.1) is 5.82 Å². The van der Waals surface area contributed by atoms with E-state index >= 15 is 0 Å². The molecule has 2 rings (SSSR count). The van der Waals surface area contributed by atoms with Gasteiger partial charge < -0.3 is 14.9 Å². The van der Waals surface area contributed by atoms with Crippen molar-refractivity contribution in [1.29, 1.82) is 0 Å². The molecule has 6 nitrogen and oxygen atoms in total. The topological polar surface area (TPSA) is 63.2 Å². The Kier molecular flexibility index (Phi) is 6.29. The van der Waals surface area contributed by atoms with Crippen molar-refractivity contribution in [3.05, 3.63) is 35.6 Å². The van der Waals surface area contributed by atoms with E-state index in [9.17, 15) is 9.18 Å². The molecule has 120 valence electrons. The number of nitrogens with zero attached hydrogens (tertiary/aromatic N) is 2. The monoisotopic (exact) mass is 309 g/mol. The molecule has 1 heterocycles. The molecule has 1 atom stereocenters. The van der Waals surface area contributed by atoms with Crippen LogP contribution >= 0.6 is 0 Å². The van der Waals surface area contributed by atoms with Gasteiger partial charge in [0.05, 0.1) is 19.3 Å². The van der Waals surface area contributed by atoms with E-state index in [1.165, 1.54) is 19.2 Å². The number of halogens is 1. The number of ether oxygens (including phenoxy) is 1. The second kappa shape index (κ2) is 8.45. The van der Waals surface area contributed by atoms with Gasteiger partial charge in [0, 0.05) is 19.6 Å². The van der Waals surface area contributed by atoms with Crippen LogP contribution in [0.15, 0.2) is 29.4 Å². The lowest BCUT2D eigenvalue weighted by Crippen LogP contribution is -2.44. The molecule has 1 N–H and O–H groups in total. The molecule has 1 aliphatic rings. The zero-order valence-electron chi connectivity index (χ0n) is 12.5. The van der Waals surface area contributed by atoms with Crippen molar-refractivity contribution in [2.75, 3.05) is 40.0 Å². The summed E-state index contributed by atoms with van der Waals surface area (Å²) in [5.41, 5.74) is 0.825. The maximum Gasteiger partial charge on any atom is 0.265 e. The predicted octanol–water partition coefficient (Wildman–Crippen LogP) is 0.947. The van der Waals surface area contributed by atoms with Gasteiger partial charge in [0.2, 0.25) is 0 Å². The molecule has 0 spiro atoms. The molecule has 1 fully saturated rings. The number of rotatable bonds is 6. The number of hydrogen-bond acceptors (Lipinski definition) is 5. The van der Waals surface area contributed by atoms with Crippen LogP contribution in [0.2, 0.25) is 0 Å². The summed E-state index contributed by atoms with van der Waals surface area (Å²) in [6.45, 7) is 3.10. The van der Waals surface area contributed by atoms with Gasteiger partial charge in [0.15, 0.2) is 0 Å². The Hall–Kier alpha value is -1.99. The van der Waals surface area contributed by atoms with Gasteiger partial charge in [-0.25, -0.2) is 4.39 Å². The van der Waals surface area contributed by atoms with Gasteiger partial charge >= 0.3 is 0 Å². The molecule has 1 aromatic carbocycles. The highest BCUT2D eigenvalue weighted by atomic mass is 19.1. The quantitative estimate of drug-likeness (QED) is 0.628. The van der Waals surface area contributed by atoms with E-state index < -0.39 is 0 Å². The number of carbonyl (C=O) groups is 1. The molecule has 1 saturated heterocycles. The minimum absolute atomic E-state index is 0.112. The van der Waals surface area contributed by atoms with E-state index in [0.29, 0.717) is 19.8 Å². The van der Waals surface area contributed by atoms with E-state index in [-0.39, 0.29) is 17.8 Å². The summed E-state index contributed by atoms with van der Waals surface area (Å²) in [6.07, 6.45) is 1.07. The molecule has 1 unspecified atom stereocenters. The maximum absolute atomic E-state index is 13.5. The summed E-state index contributed by atoms with van der Waals surface area (Å²) in [7, 11) is 1.37. The van der Waals surface area contributed by atoms with Crippen molar-refractivity contribution in [3.8, 4) is 0 Å². The van der Waals surface area contributed by atoms with E-state index in [2.05, 4.69) is 20.2 Å². The van der Waals surface area contributed by atoms with Crippen molar-refractivity contribution < 1.29 is 18.8 Å². The summed E-state index contributed by atoms with van der Waals surface area (Å²) < 4.78 is 18.8. The van der Waals surface area contributed by atoms with Gasteiger partial charge in [-0.05, 0) is 17.7 Å². The number of hydrogen-bond donors (Lipinski definition) is 1. The smallest absolute Gasteiger partial charge is 0.265 e. The van der Waals surface area contributed by atoms with Gasteiger partial charge in [-0.2, -0.15) is 0 Å². The van der Waals surface area contributed by atoms with E-state index in [4.69, 9.17) is 4.74 Å². The molecule has 1 amide bonds. The standard InChI is InChI=1S/C15H20FN3O3/c1-21-18-11-15(20)17-10-14(19-5-7-22-8-6-19)12-3-2-4-13(16)9-12/h2-4,9,11,14H,5-8,10H2,1H3,(H,17,20)/b18-11+. The van der Waals surface area contributed by atoms with Crippen LogP contribution in [-0.4, -0.2) is 57.0 Å². The normalized spacial score (nSPS) is 17.4. The summed E-state index contributed by atoms with van der Waals surface area (Å²) in [4.78, 5) is 18.3. The van der Waals surface area contributed by atoms with Crippen LogP contribution in [-0.2, 0) is 14.4 Å². The van der Waals surface area contributed by atoms with Crippen molar-refractivity contribution in [1.82, 2.24) is 10.2 Å². The lowest BCUT2D eigenvalue weighted by Gasteiger charge is -2.34. The Bertz CT molecular complexity index is 519. The van der Waals surface area contributed by atoms with E-state index in [0.717, 1.165) is 24.9 Å². The molecule has 1 aliphatic heterocycles. The summed E-state index contributed by atoms with van der Waals surface area (Å²) in [5, 5.41) is 6.18. The summed E-state index contributed by atoms with van der Waals surface area (Å²) >= 11 is 0. The van der Waals surface area contributed by atoms with Gasteiger partial charge in [-0.15, -0.1) is 0 Å². The fraction of sp³-hybridized carbons (Fsp3) is 0.467. The third-order valence-electron chi connectivity index (χ3n) is 3.46. The average molecular weight is 309 g/mol. The largest absolute Gasteiger partial charge is 0.399 e. The lowest BCUT2D eigenvalue weighted by molar-refractivity contribution is -0.114. The van der Waals surface area contributed by atoms with Crippen LogP contribution in [0.3, 0.4) is 0 Å². The highest BCUT2D eigenvalue weighted by Gasteiger charge is 2.23. The zero-order valence-corrected chi connectivity index (χ0v) is 12.5. The molecule has 0 radical (unpaired) electrons. The predicted molar refractivity (Wildman–Crippen MR) is 80.0 cm³/mol. The Labute approximate surface area is 128 Å². The Morgan fingerprint density at radius 3 is 3.00 bits per heavy atom. The highest BCUT2D eigenvalue weighted by molar-refractivity contribution is 6.26. The number of benzene rings is 1. The third kappa shape index (κ3) is 4.78. The first-order valence-corrected chi connectivity index (χ1v) is 7.12. The van der Waals surface area contributed by atoms with Gasteiger partial charge in [-0.3, -0.25) is 9.69 Å². The van der Waals surface area contributed by atoms with Crippen LogP contribution in [0.25, 0.3) is 0 Å². The van der Waals surface area contributed by atoms with Gasteiger partial charge in [0.25, 0.3) is 5.91 Å². The van der Waals surface area contributed by atoms with Crippen molar-refractivity contribution >= 4 is 12.1 Å². The second-order valence-corrected chi connectivity index (χ2v) is 4.88. The number of amides is 1. The fourth-order valence-corrected chi connectivity index (χ4v) is 2.40. The Morgan fingerprint density at radius 1 is 1.55 bits per heavy atom. The molecule has 0 aromatic heterocycles. The SMILES string of the molecule is CO/N=C/C(=O)NCC(c1cccc(F)c1)N1CCOCC1. The first kappa shape index (κ1) is 16.4. The summed E-state index contributed by atoms with van der Waals surface area (Å²) in [5.74, 6) is -0.639. The minimum Gasteiger partial charge on any atom is -0.399 e. The zero-order chi connectivity index (χ0) is 15.8. The second-order valence-electron chi connectivity index (χ2n) is 4.88. The van der Waals surface area contributed by atoms with Crippen LogP contribution in [0.5, 0.6) is 0 Å². The number of oxime groups is 1. The van der Waals surface area contributed by atoms with Crippen molar-refractivity contribution in [2.45, 2.75) is 6.04 Å². The number of nitrogens with one attached hydrogen (secondary N) is 1. The Balaban J connectivity index is 2.07. The molecule has 0 bridgehead atoms. The number of morpholine rings is 1. The van der Waals surface area contributed by atoms with Crippen molar-refractivity contribution in [3.63, 3.8) is 0 Å². The highest BCUT2D eigenvalue weighted by Crippen LogP contribution is 2.21. The van der Waals surface area contributed by atoms with Crippen LogP contribution in [0.4, 0.5) is 4.39 Å². The molecular formula is C15H20FN3O3. The molecule has 0 saturated carbocycles. The number of carbonyl (C=O) groups excluding carboxylic acids is 1. The maximum atomic E-state index is 13.5.